The molecule has 1 aromatic rings. The smallest absolute Gasteiger partial charge is 0.245 e. The summed E-state index contributed by atoms with van der Waals surface area (Å²) in [6, 6.07) is -0.257. The Morgan fingerprint density at radius 3 is 2.57 bits per heavy atom. The van der Waals surface area contributed by atoms with Gasteiger partial charge < -0.3 is 9.26 Å². The summed E-state index contributed by atoms with van der Waals surface area (Å²) in [6.45, 7) is 5.49. The fourth-order valence-electron chi connectivity index (χ4n) is 2.48. The number of ether oxygens (including phenoxy) is 1. The van der Waals surface area contributed by atoms with Gasteiger partial charge in [0.15, 0.2) is 5.76 Å². The summed E-state index contributed by atoms with van der Waals surface area (Å²) >= 11 is 0. The molecule has 0 aliphatic carbocycles. The van der Waals surface area contributed by atoms with Gasteiger partial charge in [0, 0.05) is 19.1 Å². The fraction of sp³-hybridized carbons (Fsp3) is 0.750. The van der Waals surface area contributed by atoms with Gasteiger partial charge in [-0.25, -0.2) is 21.6 Å². The highest BCUT2D eigenvalue weighted by Crippen LogP contribution is 2.18. The quantitative estimate of drug-likeness (QED) is 0.728. The largest absolute Gasteiger partial charge is 0.378 e. The topological polar surface area (TPSA) is 119 Å². The Labute approximate surface area is 136 Å². The van der Waals surface area contributed by atoms with Crippen LogP contribution in [0.5, 0.6) is 0 Å². The molecule has 0 spiro atoms. The number of aryl methyl sites for hydroxylation is 2. The van der Waals surface area contributed by atoms with Crippen LogP contribution in [-0.2, 0) is 24.8 Å². The number of morpholine rings is 1. The molecule has 1 fully saturated rings. The third kappa shape index (κ3) is 4.10. The van der Waals surface area contributed by atoms with Crippen molar-refractivity contribution < 1.29 is 26.1 Å². The second-order valence-corrected chi connectivity index (χ2v) is 9.15. The molecule has 23 heavy (non-hydrogen) atoms. The Morgan fingerprint density at radius 2 is 2.00 bits per heavy atom. The van der Waals surface area contributed by atoms with Crippen molar-refractivity contribution in [3.63, 3.8) is 0 Å². The summed E-state index contributed by atoms with van der Waals surface area (Å²) in [5.74, 6) is -0.153. The number of hydrogen-bond acceptors (Lipinski definition) is 7. The summed E-state index contributed by atoms with van der Waals surface area (Å²) in [5, 5.41) is 3.59. The maximum Gasteiger partial charge on any atom is 0.245 e. The minimum atomic E-state index is -3.86. The first-order chi connectivity index (χ1) is 10.6. The number of aromatic nitrogens is 1. The third-order valence-corrected chi connectivity index (χ3v) is 7.23. The Balaban J connectivity index is 2.01. The summed E-state index contributed by atoms with van der Waals surface area (Å²) < 4.78 is 62.7. The minimum Gasteiger partial charge on any atom is -0.378 e. The van der Waals surface area contributed by atoms with Crippen LogP contribution in [0, 0.1) is 13.8 Å². The van der Waals surface area contributed by atoms with Gasteiger partial charge in [-0.3, -0.25) is 0 Å². The molecule has 1 aliphatic rings. The Hall–Kier alpha value is -1.01. The summed E-state index contributed by atoms with van der Waals surface area (Å²) in [5.41, 5.74) is 0.236. The predicted molar refractivity (Wildman–Crippen MR) is 81.9 cm³/mol. The van der Waals surface area contributed by atoms with Gasteiger partial charge in [-0.2, -0.15) is 4.31 Å². The molecule has 1 N–H and O–H groups in total. The maximum atomic E-state index is 12.3. The van der Waals surface area contributed by atoms with Gasteiger partial charge in [0.05, 0.1) is 19.0 Å². The van der Waals surface area contributed by atoms with E-state index in [1.807, 2.05) is 0 Å². The first-order valence-electron chi connectivity index (χ1n) is 7.15. The number of hydrogen-bond donors (Lipinski definition) is 1. The van der Waals surface area contributed by atoms with E-state index >= 15 is 0 Å². The molecule has 132 valence electrons. The van der Waals surface area contributed by atoms with Crippen LogP contribution in [0.1, 0.15) is 18.4 Å². The van der Waals surface area contributed by atoms with E-state index in [2.05, 4.69) is 9.88 Å². The molecular weight excluding hydrogens is 346 g/mol. The zero-order valence-electron chi connectivity index (χ0n) is 13.3. The average molecular weight is 367 g/mol. The lowest BCUT2D eigenvalue weighted by Gasteiger charge is -2.32. The van der Waals surface area contributed by atoms with E-state index in [1.165, 1.54) is 18.2 Å². The Bertz CT molecular complexity index is 736. The number of nitrogens with zero attached hydrogens (tertiary/aromatic N) is 2. The van der Waals surface area contributed by atoms with Crippen molar-refractivity contribution in [1.82, 2.24) is 14.2 Å². The van der Waals surface area contributed by atoms with Crippen molar-refractivity contribution >= 4 is 20.0 Å². The van der Waals surface area contributed by atoms with E-state index in [-0.39, 0.29) is 41.2 Å². The second-order valence-electron chi connectivity index (χ2n) is 5.40. The minimum absolute atomic E-state index is 0.0466. The molecule has 1 saturated heterocycles. The highest BCUT2D eigenvalue weighted by molar-refractivity contribution is 7.90. The van der Waals surface area contributed by atoms with Crippen LogP contribution in [0.4, 0.5) is 0 Å². The SMILES string of the molecule is Cc1noc(C)c1S(=O)(=O)NCCS(=O)(=O)N1CCOCC1C. The predicted octanol–water partition coefficient (Wildman–Crippen LogP) is -0.380. The van der Waals surface area contributed by atoms with Crippen LogP contribution in [0.2, 0.25) is 0 Å². The lowest BCUT2D eigenvalue weighted by Crippen LogP contribution is -2.49. The summed E-state index contributed by atoms with van der Waals surface area (Å²) in [6.07, 6.45) is 0. The van der Waals surface area contributed by atoms with Crippen LogP contribution in [0.3, 0.4) is 0 Å². The monoisotopic (exact) mass is 367 g/mol. The van der Waals surface area contributed by atoms with Gasteiger partial charge >= 0.3 is 0 Å². The number of nitrogens with one attached hydrogen (secondary N) is 1. The zero-order chi connectivity index (χ0) is 17.3. The van der Waals surface area contributed by atoms with Crippen LogP contribution >= 0.6 is 0 Å². The van der Waals surface area contributed by atoms with E-state index in [4.69, 9.17) is 9.26 Å². The molecule has 0 radical (unpaired) electrons. The first-order valence-corrected chi connectivity index (χ1v) is 10.2. The Kier molecular flexibility index (Phi) is 5.46. The highest BCUT2D eigenvalue weighted by atomic mass is 32.2. The third-order valence-electron chi connectivity index (χ3n) is 3.55. The molecule has 1 aliphatic heterocycles. The molecule has 0 amide bonds. The van der Waals surface area contributed by atoms with E-state index in [0.29, 0.717) is 13.2 Å². The van der Waals surface area contributed by atoms with Gasteiger partial charge in [-0.15, -0.1) is 0 Å². The first kappa shape index (κ1) is 18.3. The molecule has 1 aromatic heterocycles. The van der Waals surface area contributed by atoms with Crippen LogP contribution in [0.25, 0.3) is 0 Å². The van der Waals surface area contributed by atoms with Crippen molar-refractivity contribution in [2.75, 3.05) is 32.1 Å². The number of sulfonamides is 2. The van der Waals surface area contributed by atoms with Crippen molar-refractivity contribution in [3.05, 3.63) is 11.5 Å². The molecule has 9 nitrogen and oxygen atoms in total. The van der Waals surface area contributed by atoms with Gasteiger partial charge in [0.25, 0.3) is 0 Å². The highest BCUT2D eigenvalue weighted by Gasteiger charge is 2.30. The van der Waals surface area contributed by atoms with Gasteiger partial charge in [0.1, 0.15) is 10.6 Å². The van der Waals surface area contributed by atoms with Crippen molar-refractivity contribution in [2.24, 2.45) is 0 Å². The van der Waals surface area contributed by atoms with Crippen molar-refractivity contribution in [3.8, 4) is 0 Å². The van der Waals surface area contributed by atoms with E-state index < -0.39 is 20.0 Å². The molecule has 0 aromatic carbocycles. The van der Waals surface area contributed by atoms with E-state index in [9.17, 15) is 16.8 Å². The molecule has 0 bridgehead atoms. The molecule has 1 unspecified atom stereocenters. The molecule has 1 atom stereocenters. The zero-order valence-corrected chi connectivity index (χ0v) is 14.9. The molecule has 0 saturated carbocycles. The van der Waals surface area contributed by atoms with Gasteiger partial charge in [-0.1, -0.05) is 5.16 Å². The van der Waals surface area contributed by atoms with E-state index in [0.717, 1.165) is 0 Å². The van der Waals surface area contributed by atoms with Gasteiger partial charge in [0.2, 0.25) is 20.0 Å². The van der Waals surface area contributed by atoms with Gasteiger partial charge in [-0.05, 0) is 20.8 Å². The molecule has 11 heteroatoms. The van der Waals surface area contributed by atoms with Crippen LogP contribution in [-0.4, -0.2) is 64.4 Å². The molecule has 2 rings (SSSR count). The van der Waals surface area contributed by atoms with Crippen LogP contribution in [0.15, 0.2) is 9.42 Å². The summed E-state index contributed by atoms with van der Waals surface area (Å²) in [4.78, 5) is -0.0466. The Morgan fingerprint density at radius 1 is 1.30 bits per heavy atom. The second kappa shape index (κ2) is 6.85. The summed E-state index contributed by atoms with van der Waals surface area (Å²) in [7, 11) is -7.42. The van der Waals surface area contributed by atoms with E-state index in [1.54, 1.807) is 6.92 Å². The maximum absolute atomic E-state index is 12.3. The normalized spacial score (nSPS) is 20.7. The average Bonchev–Trinajstić information content (AvgIpc) is 2.78. The standard InChI is InChI=1S/C12H21N3O6S2/c1-9-8-20-6-5-15(9)22(16,17)7-4-13-23(18,19)12-10(2)14-21-11(12)3/h9,13H,4-8H2,1-3H3. The lowest BCUT2D eigenvalue weighted by atomic mass is 10.3. The van der Waals surface area contributed by atoms with Crippen LogP contribution < -0.4 is 4.72 Å². The number of rotatable bonds is 6. The fourth-order valence-corrected chi connectivity index (χ4v) is 5.52. The van der Waals surface area contributed by atoms with Crippen molar-refractivity contribution in [1.29, 1.82) is 0 Å². The lowest BCUT2D eigenvalue weighted by molar-refractivity contribution is 0.0393. The van der Waals surface area contributed by atoms with Crippen molar-refractivity contribution in [2.45, 2.75) is 31.7 Å². The molecule has 2 heterocycles. The molecular formula is C12H21N3O6S2.